The summed E-state index contributed by atoms with van der Waals surface area (Å²) < 4.78 is 7.84. The van der Waals surface area contributed by atoms with Crippen LogP contribution in [0, 0.1) is 0 Å². The maximum absolute atomic E-state index is 5.96. The van der Waals surface area contributed by atoms with Crippen LogP contribution in [-0.4, -0.2) is 34.0 Å². The number of imidazole rings is 1. The fourth-order valence-electron chi connectivity index (χ4n) is 2.90. The molecule has 0 spiro atoms. The Kier molecular flexibility index (Phi) is 4.41. The van der Waals surface area contributed by atoms with Crippen molar-refractivity contribution in [3.05, 3.63) is 24.0 Å². The summed E-state index contributed by atoms with van der Waals surface area (Å²) in [5.74, 6) is 4.98. The fraction of sp³-hybridized carbons (Fsp3) is 0.533. The van der Waals surface area contributed by atoms with E-state index in [4.69, 9.17) is 21.3 Å². The van der Waals surface area contributed by atoms with Crippen molar-refractivity contribution in [3.8, 4) is 5.75 Å². The van der Waals surface area contributed by atoms with Crippen LogP contribution in [0.25, 0.3) is 11.0 Å². The largest absolute Gasteiger partial charge is 0.494 e. The zero-order valence-corrected chi connectivity index (χ0v) is 13.2. The van der Waals surface area contributed by atoms with Crippen LogP contribution in [0.5, 0.6) is 5.75 Å². The second kappa shape index (κ2) is 6.27. The third-order valence-electron chi connectivity index (χ3n) is 3.80. The molecule has 2 heterocycles. The van der Waals surface area contributed by atoms with Gasteiger partial charge in [0.05, 0.1) is 12.6 Å². The number of halogens is 1. The zero-order valence-electron chi connectivity index (χ0n) is 11.6. The smallest absolute Gasteiger partial charge is 0.146 e. The Hall–Kier alpha value is -0.870. The summed E-state index contributed by atoms with van der Waals surface area (Å²) >= 11 is 7.99. The van der Waals surface area contributed by atoms with Crippen LogP contribution in [0.4, 0.5) is 0 Å². The summed E-state index contributed by atoms with van der Waals surface area (Å²) in [6.07, 6.45) is 3.31. The first-order valence-electron chi connectivity index (χ1n) is 7.02. The lowest BCUT2D eigenvalue weighted by Crippen LogP contribution is -2.18. The highest BCUT2D eigenvalue weighted by atomic mass is 35.5. The maximum Gasteiger partial charge on any atom is 0.146 e. The van der Waals surface area contributed by atoms with Gasteiger partial charge in [0.15, 0.2) is 0 Å². The maximum atomic E-state index is 5.96. The molecule has 0 amide bonds. The third kappa shape index (κ3) is 2.51. The average Bonchev–Trinajstić information content (AvgIpc) is 2.86. The molecule has 2 aromatic rings. The number of alkyl halides is 1. The summed E-state index contributed by atoms with van der Waals surface area (Å²) in [6.45, 7) is 0. The van der Waals surface area contributed by atoms with Crippen molar-refractivity contribution in [1.29, 1.82) is 0 Å². The Bertz CT molecular complexity index is 593. The standard InChI is InChI=1S/C15H19ClN2OS/c1-19-13-6-2-5-12-15(13)17-14(7-8-16)18(12)11-4-3-9-20-10-11/h2,5-6,11H,3-4,7-10H2,1H3. The van der Waals surface area contributed by atoms with Gasteiger partial charge in [-0.25, -0.2) is 4.98 Å². The van der Waals surface area contributed by atoms with Crippen LogP contribution >= 0.6 is 23.4 Å². The number of thioether (sulfide) groups is 1. The van der Waals surface area contributed by atoms with E-state index >= 15 is 0 Å². The van der Waals surface area contributed by atoms with Crippen molar-refractivity contribution >= 4 is 34.4 Å². The molecule has 0 N–H and O–H groups in total. The van der Waals surface area contributed by atoms with Crippen molar-refractivity contribution in [2.24, 2.45) is 0 Å². The van der Waals surface area contributed by atoms with Gasteiger partial charge in [-0.2, -0.15) is 11.8 Å². The summed E-state index contributed by atoms with van der Waals surface area (Å²) in [5, 5.41) is 0. The number of rotatable bonds is 4. The Morgan fingerprint density at radius 1 is 1.50 bits per heavy atom. The number of aromatic nitrogens is 2. The summed E-state index contributed by atoms with van der Waals surface area (Å²) in [6, 6.07) is 6.69. The second-order valence-corrected chi connectivity index (χ2v) is 6.56. The van der Waals surface area contributed by atoms with E-state index in [9.17, 15) is 0 Å². The molecular weight excluding hydrogens is 292 g/mol. The monoisotopic (exact) mass is 310 g/mol. The third-order valence-corrected chi connectivity index (χ3v) is 5.18. The Morgan fingerprint density at radius 2 is 2.40 bits per heavy atom. The van der Waals surface area contributed by atoms with Crippen LogP contribution in [0.1, 0.15) is 24.7 Å². The first kappa shape index (κ1) is 14.1. The lowest BCUT2D eigenvalue weighted by Gasteiger charge is -2.25. The van der Waals surface area contributed by atoms with Gasteiger partial charge in [0, 0.05) is 24.1 Å². The molecule has 1 aliphatic heterocycles. The molecule has 20 heavy (non-hydrogen) atoms. The van der Waals surface area contributed by atoms with E-state index in [1.165, 1.54) is 24.1 Å². The number of nitrogens with zero attached hydrogens (tertiary/aromatic N) is 2. The first-order chi connectivity index (χ1) is 9.85. The van der Waals surface area contributed by atoms with Crippen molar-refractivity contribution in [1.82, 2.24) is 9.55 Å². The van der Waals surface area contributed by atoms with Crippen LogP contribution in [-0.2, 0) is 6.42 Å². The SMILES string of the molecule is COc1cccc2c1nc(CCCl)n2C1CCCSC1. The van der Waals surface area contributed by atoms with Gasteiger partial charge in [-0.3, -0.25) is 0 Å². The topological polar surface area (TPSA) is 27.1 Å². The average molecular weight is 311 g/mol. The van der Waals surface area contributed by atoms with E-state index < -0.39 is 0 Å². The molecule has 1 atom stereocenters. The summed E-state index contributed by atoms with van der Waals surface area (Å²) in [7, 11) is 1.70. The number of hydrogen-bond donors (Lipinski definition) is 0. The number of aryl methyl sites for hydroxylation is 1. The minimum Gasteiger partial charge on any atom is -0.494 e. The molecule has 108 valence electrons. The normalized spacial score (nSPS) is 19.4. The van der Waals surface area contributed by atoms with Gasteiger partial charge >= 0.3 is 0 Å². The highest BCUT2D eigenvalue weighted by Gasteiger charge is 2.22. The molecular formula is C15H19ClN2OS. The molecule has 1 saturated heterocycles. The quantitative estimate of drug-likeness (QED) is 0.802. The van der Waals surface area contributed by atoms with Crippen molar-refractivity contribution < 1.29 is 4.74 Å². The lowest BCUT2D eigenvalue weighted by atomic mass is 10.1. The predicted octanol–water partition coefficient (Wildman–Crippen LogP) is 3.89. The summed E-state index contributed by atoms with van der Waals surface area (Å²) in [4.78, 5) is 4.79. The van der Waals surface area contributed by atoms with E-state index in [2.05, 4.69) is 10.6 Å². The number of ether oxygens (including phenoxy) is 1. The van der Waals surface area contributed by atoms with Gasteiger partial charge in [-0.15, -0.1) is 11.6 Å². The number of methoxy groups -OCH3 is 1. The van der Waals surface area contributed by atoms with Crippen molar-refractivity contribution in [2.75, 3.05) is 24.5 Å². The number of para-hydroxylation sites is 1. The molecule has 0 radical (unpaired) electrons. The van der Waals surface area contributed by atoms with Gasteiger partial charge in [0.2, 0.25) is 0 Å². The molecule has 5 heteroatoms. The number of fused-ring (bicyclic) bond motifs is 1. The predicted molar refractivity (Wildman–Crippen MR) is 86.3 cm³/mol. The molecule has 3 nitrogen and oxygen atoms in total. The minimum atomic E-state index is 0.532. The molecule has 1 unspecified atom stereocenters. The highest BCUT2D eigenvalue weighted by molar-refractivity contribution is 7.99. The molecule has 0 saturated carbocycles. The Labute approximate surface area is 128 Å². The van der Waals surface area contributed by atoms with Crippen LogP contribution in [0.15, 0.2) is 18.2 Å². The first-order valence-corrected chi connectivity index (χ1v) is 8.71. The van der Waals surface area contributed by atoms with Crippen LogP contribution in [0.2, 0.25) is 0 Å². The second-order valence-electron chi connectivity index (χ2n) is 5.04. The van der Waals surface area contributed by atoms with Gasteiger partial charge < -0.3 is 9.30 Å². The lowest BCUT2D eigenvalue weighted by molar-refractivity contribution is 0.419. The Balaban J connectivity index is 2.13. The molecule has 1 aromatic heterocycles. The van der Waals surface area contributed by atoms with E-state index in [-0.39, 0.29) is 0 Å². The van der Waals surface area contributed by atoms with Crippen molar-refractivity contribution in [2.45, 2.75) is 25.3 Å². The molecule has 0 bridgehead atoms. The molecule has 3 rings (SSSR count). The van der Waals surface area contributed by atoms with Gasteiger partial charge in [-0.05, 0) is 30.7 Å². The zero-order chi connectivity index (χ0) is 13.9. The highest BCUT2D eigenvalue weighted by Crippen LogP contribution is 2.34. The minimum absolute atomic E-state index is 0.532. The van der Waals surface area contributed by atoms with Crippen molar-refractivity contribution in [3.63, 3.8) is 0 Å². The Morgan fingerprint density at radius 3 is 3.10 bits per heavy atom. The fourth-order valence-corrected chi connectivity index (χ4v) is 4.19. The molecule has 1 aliphatic rings. The number of hydrogen-bond acceptors (Lipinski definition) is 3. The van der Waals surface area contributed by atoms with Crippen LogP contribution in [0.3, 0.4) is 0 Å². The van der Waals surface area contributed by atoms with E-state index in [1.54, 1.807) is 7.11 Å². The summed E-state index contributed by atoms with van der Waals surface area (Å²) in [5.41, 5.74) is 2.14. The van der Waals surface area contributed by atoms with E-state index in [1.807, 2.05) is 23.9 Å². The van der Waals surface area contributed by atoms with Gasteiger partial charge in [-0.1, -0.05) is 6.07 Å². The molecule has 0 aliphatic carbocycles. The van der Waals surface area contributed by atoms with Crippen LogP contribution < -0.4 is 4.74 Å². The van der Waals surface area contributed by atoms with E-state index in [0.717, 1.165) is 29.3 Å². The van der Waals surface area contributed by atoms with Gasteiger partial charge in [0.1, 0.15) is 17.1 Å². The van der Waals surface area contributed by atoms with E-state index in [0.29, 0.717) is 11.9 Å². The molecule has 1 aromatic carbocycles. The number of benzene rings is 1. The molecule has 1 fully saturated rings. The van der Waals surface area contributed by atoms with Gasteiger partial charge in [0.25, 0.3) is 0 Å².